The molecule has 2 rings (SSSR count). The number of hydrogen-bond donors (Lipinski definition) is 1. The molecular weight excluding hydrogens is 209 g/mol. The number of hydrogen-bond acceptors (Lipinski definition) is 2. The average molecular weight is 223 g/mol. The van der Waals surface area contributed by atoms with Crippen molar-refractivity contribution in [3.63, 3.8) is 0 Å². The highest BCUT2D eigenvalue weighted by Crippen LogP contribution is 2.21. The summed E-state index contributed by atoms with van der Waals surface area (Å²) < 4.78 is 12.9. The molecule has 0 aromatic heterocycles. The molecule has 1 heterocycles. The fourth-order valence-electron chi connectivity index (χ4n) is 2.08. The molecular formula is C12H14FNO2. The molecule has 1 aromatic rings. The quantitative estimate of drug-likeness (QED) is 0.845. The number of aliphatic carboxylic acids is 1. The predicted molar refractivity (Wildman–Crippen MR) is 57.4 cm³/mol. The van der Waals surface area contributed by atoms with Crippen molar-refractivity contribution in [2.75, 3.05) is 13.1 Å². The summed E-state index contributed by atoms with van der Waals surface area (Å²) in [6, 6.07) is 6.52. The van der Waals surface area contributed by atoms with E-state index in [0.29, 0.717) is 6.54 Å². The van der Waals surface area contributed by atoms with Crippen molar-refractivity contribution in [3.8, 4) is 0 Å². The van der Waals surface area contributed by atoms with Gasteiger partial charge < -0.3 is 5.11 Å². The van der Waals surface area contributed by atoms with E-state index in [-0.39, 0.29) is 18.2 Å². The van der Waals surface area contributed by atoms with Crippen molar-refractivity contribution in [1.29, 1.82) is 0 Å². The van der Waals surface area contributed by atoms with Crippen molar-refractivity contribution < 1.29 is 14.3 Å². The third-order valence-electron chi connectivity index (χ3n) is 2.79. The van der Waals surface area contributed by atoms with Gasteiger partial charge in [-0.3, -0.25) is 9.69 Å². The Labute approximate surface area is 93.5 Å². The van der Waals surface area contributed by atoms with Crippen LogP contribution in [0, 0.1) is 11.7 Å². The molecule has 0 radical (unpaired) electrons. The highest BCUT2D eigenvalue weighted by molar-refractivity contribution is 5.67. The molecule has 16 heavy (non-hydrogen) atoms. The Bertz CT molecular complexity index is 388. The number of carboxylic acid groups (broad SMARTS) is 1. The van der Waals surface area contributed by atoms with E-state index in [2.05, 4.69) is 4.90 Å². The number of carbonyl (C=O) groups is 1. The summed E-state index contributed by atoms with van der Waals surface area (Å²) in [5.41, 5.74) is 0.939. The normalized spacial score (nSPS) is 17.1. The lowest BCUT2D eigenvalue weighted by Crippen LogP contribution is -2.46. The lowest BCUT2D eigenvalue weighted by Gasteiger charge is -2.38. The Balaban J connectivity index is 1.79. The smallest absolute Gasteiger partial charge is 0.303 e. The summed E-state index contributed by atoms with van der Waals surface area (Å²) in [7, 11) is 0. The van der Waals surface area contributed by atoms with Crippen LogP contribution in [0.1, 0.15) is 12.0 Å². The van der Waals surface area contributed by atoms with Gasteiger partial charge in [0.15, 0.2) is 0 Å². The Hall–Kier alpha value is -1.42. The van der Waals surface area contributed by atoms with Gasteiger partial charge in [0.2, 0.25) is 0 Å². The minimum absolute atomic E-state index is 0.222. The monoisotopic (exact) mass is 223 g/mol. The van der Waals surface area contributed by atoms with Gasteiger partial charge in [0.1, 0.15) is 5.82 Å². The summed E-state index contributed by atoms with van der Waals surface area (Å²) in [5, 5.41) is 8.59. The predicted octanol–water partition coefficient (Wildman–Crippen LogP) is 1.73. The van der Waals surface area contributed by atoms with E-state index >= 15 is 0 Å². The van der Waals surface area contributed by atoms with E-state index in [0.717, 1.165) is 18.7 Å². The molecule has 1 aromatic carbocycles. The van der Waals surface area contributed by atoms with Crippen LogP contribution in [-0.4, -0.2) is 29.1 Å². The van der Waals surface area contributed by atoms with Crippen LogP contribution in [0.2, 0.25) is 0 Å². The summed E-state index contributed by atoms with van der Waals surface area (Å²) >= 11 is 0. The number of halogens is 1. The summed E-state index contributed by atoms with van der Waals surface area (Å²) in [6.07, 6.45) is 0.236. The van der Waals surface area contributed by atoms with Crippen molar-refractivity contribution in [2.24, 2.45) is 5.92 Å². The molecule has 0 spiro atoms. The van der Waals surface area contributed by atoms with Gasteiger partial charge in [-0.2, -0.15) is 0 Å². The molecule has 1 aliphatic heterocycles. The van der Waals surface area contributed by atoms with Crippen LogP contribution in [0.4, 0.5) is 4.39 Å². The lowest BCUT2D eigenvalue weighted by molar-refractivity contribution is -0.139. The number of rotatable bonds is 4. The molecule has 4 heteroatoms. The van der Waals surface area contributed by atoms with Crippen LogP contribution in [0.25, 0.3) is 0 Å². The second-order valence-corrected chi connectivity index (χ2v) is 4.29. The second kappa shape index (κ2) is 4.61. The standard InChI is InChI=1S/C12H14FNO2/c13-11-3-1-2-9(4-11)6-14-7-10(8-14)5-12(15)16/h1-4,10H,5-8H2,(H,15,16). The summed E-state index contributed by atoms with van der Waals surface area (Å²) in [4.78, 5) is 12.6. The van der Waals surface area contributed by atoms with Gasteiger partial charge >= 0.3 is 5.97 Å². The zero-order valence-electron chi connectivity index (χ0n) is 8.90. The summed E-state index contributed by atoms with van der Waals surface area (Å²) in [5.74, 6) is -0.707. The van der Waals surface area contributed by atoms with Crippen LogP contribution in [0.5, 0.6) is 0 Å². The lowest BCUT2D eigenvalue weighted by atomic mass is 9.96. The minimum Gasteiger partial charge on any atom is -0.481 e. The van der Waals surface area contributed by atoms with Crippen LogP contribution in [0.15, 0.2) is 24.3 Å². The van der Waals surface area contributed by atoms with Gasteiger partial charge in [-0.25, -0.2) is 4.39 Å². The van der Waals surface area contributed by atoms with E-state index in [9.17, 15) is 9.18 Å². The zero-order valence-corrected chi connectivity index (χ0v) is 8.90. The molecule has 0 saturated carbocycles. The molecule has 1 aliphatic rings. The van der Waals surface area contributed by atoms with Crippen molar-refractivity contribution >= 4 is 5.97 Å². The van der Waals surface area contributed by atoms with Gasteiger partial charge in [0, 0.05) is 19.6 Å². The van der Waals surface area contributed by atoms with Gasteiger partial charge in [0.25, 0.3) is 0 Å². The molecule has 86 valence electrons. The first-order valence-electron chi connectivity index (χ1n) is 5.32. The molecule has 0 bridgehead atoms. The van der Waals surface area contributed by atoms with Gasteiger partial charge in [0.05, 0.1) is 6.42 Å². The van der Waals surface area contributed by atoms with E-state index < -0.39 is 5.97 Å². The minimum atomic E-state index is -0.740. The molecule has 1 N–H and O–H groups in total. The van der Waals surface area contributed by atoms with E-state index in [1.807, 2.05) is 6.07 Å². The fourth-order valence-corrected chi connectivity index (χ4v) is 2.08. The summed E-state index contributed by atoms with van der Waals surface area (Å²) in [6.45, 7) is 2.29. The average Bonchev–Trinajstić information content (AvgIpc) is 2.14. The SMILES string of the molecule is O=C(O)CC1CN(Cc2cccc(F)c2)C1. The van der Waals surface area contributed by atoms with Crippen LogP contribution < -0.4 is 0 Å². The highest BCUT2D eigenvalue weighted by Gasteiger charge is 2.28. The van der Waals surface area contributed by atoms with Crippen LogP contribution >= 0.6 is 0 Å². The topological polar surface area (TPSA) is 40.5 Å². The first-order valence-corrected chi connectivity index (χ1v) is 5.32. The Kier molecular flexibility index (Phi) is 3.19. The Morgan fingerprint density at radius 1 is 1.50 bits per heavy atom. The van der Waals surface area contributed by atoms with Crippen LogP contribution in [0.3, 0.4) is 0 Å². The van der Waals surface area contributed by atoms with Gasteiger partial charge in [-0.15, -0.1) is 0 Å². The maximum absolute atomic E-state index is 12.9. The van der Waals surface area contributed by atoms with E-state index in [1.54, 1.807) is 6.07 Å². The second-order valence-electron chi connectivity index (χ2n) is 4.29. The maximum atomic E-state index is 12.9. The molecule has 0 atom stereocenters. The first-order chi connectivity index (χ1) is 7.63. The zero-order chi connectivity index (χ0) is 11.5. The first kappa shape index (κ1) is 11.1. The Morgan fingerprint density at radius 3 is 2.88 bits per heavy atom. The van der Waals surface area contributed by atoms with Crippen LogP contribution in [-0.2, 0) is 11.3 Å². The van der Waals surface area contributed by atoms with Gasteiger partial charge in [-0.05, 0) is 23.6 Å². The number of likely N-dealkylation sites (tertiary alicyclic amines) is 1. The molecule has 1 fully saturated rings. The molecule has 0 amide bonds. The van der Waals surface area contributed by atoms with Gasteiger partial charge in [-0.1, -0.05) is 12.1 Å². The third kappa shape index (κ3) is 2.79. The maximum Gasteiger partial charge on any atom is 0.303 e. The number of benzene rings is 1. The highest BCUT2D eigenvalue weighted by atomic mass is 19.1. The largest absolute Gasteiger partial charge is 0.481 e. The molecule has 0 unspecified atom stereocenters. The molecule has 3 nitrogen and oxygen atoms in total. The molecule has 0 aliphatic carbocycles. The van der Waals surface area contributed by atoms with Crippen molar-refractivity contribution in [3.05, 3.63) is 35.6 Å². The number of carboxylic acids is 1. The third-order valence-corrected chi connectivity index (χ3v) is 2.79. The van der Waals surface area contributed by atoms with Crippen molar-refractivity contribution in [1.82, 2.24) is 4.90 Å². The Morgan fingerprint density at radius 2 is 2.25 bits per heavy atom. The fraction of sp³-hybridized carbons (Fsp3) is 0.417. The molecule has 1 saturated heterocycles. The van der Waals surface area contributed by atoms with E-state index in [1.165, 1.54) is 12.1 Å². The number of nitrogens with zero attached hydrogens (tertiary/aromatic N) is 1. The van der Waals surface area contributed by atoms with E-state index in [4.69, 9.17) is 5.11 Å². The van der Waals surface area contributed by atoms with Crippen molar-refractivity contribution in [2.45, 2.75) is 13.0 Å².